The summed E-state index contributed by atoms with van der Waals surface area (Å²) in [6.07, 6.45) is 5.52. The highest BCUT2D eigenvalue weighted by Crippen LogP contribution is 2.33. The number of anilines is 1. The molecule has 1 heterocycles. The first kappa shape index (κ1) is 13.2. The predicted octanol–water partition coefficient (Wildman–Crippen LogP) is 2.39. The van der Waals surface area contributed by atoms with Crippen LogP contribution < -0.4 is 11.0 Å². The maximum atomic E-state index is 12.0. The summed E-state index contributed by atoms with van der Waals surface area (Å²) in [5.74, 6) is -0.215. The number of aromatic nitrogens is 2. The zero-order chi connectivity index (χ0) is 14.1. The van der Waals surface area contributed by atoms with Gasteiger partial charge in [0.05, 0.1) is 5.69 Å². The van der Waals surface area contributed by atoms with E-state index in [9.17, 15) is 9.59 Å². The molecule has 1 fully saturated rings. The highest BCUT2D eigenvalue weighted by molar-refractivity contribution is 9.10. The Labute approximate surface area is 124 Å². The lowest BCUT2D eigenvalue weighted by Crippen LogP contribution is -2.28. The fraction of sp³-hybridized carbons (Fsp3) is 0.286. The molecule has 1 aromatic carbocycles. The lowest BCUT2D eigenvalue weighted by molar-refractivity contribution is -0.116. The minimum Gasteiger partial charge on any atom is -0.324 e. The average Bonchev–Trinajstić information content (AvgIpc) is 3.19. The standard InChI is InChI=1S/C14H14BrN3O2/c15-11-3-1-2-4-12(11)16-13(19)9-17-7-8-18(14(17)20)10-5-6-10/h1-4,7-8,10H,5-6,9H2,(H,16,19). The summed E-state index contributed by atoms with van der Waals surface area (Å²) in [4.78, 5) is 24.0. The number of hydrogen-bond acceptors (Lipinski definition) is 2. The first-order chi connectivity index (χ1) is 9.65. The largest absolute Gasteiger partial charge is 0.328 e. The second kappa shape index (κ2) is 5.28. The Bertz CT molecular complexity index is 700. The van der Waals surface area contributed by atoms with E-state index in [-0.39, 0.29) is 18.1 Å². The number of rotatable bonds is 4. The normalized spacial score (nSPS) is 14.2. The maximum absolute atomic E-state index is 12.0. The predicted molar refractivity (Wildman–Crippen MR) is 79.7 cm³/mol. The summed E-state index contributed by atoms with van der Waals surface area (Å²) < 4.78 is 3.95. The van der Waals surface area contributed by atoms with Gasteiger partial charge in [0.2, 0.25) is 5.91 Å². The number of carbonyl (C=O) groups is 1. The van der Waals surface area contributed by atoms with Crippen molar-refractivity contribution in [2.75, 3.05) is 5.32 Å². The molecule has 104 valence electrons. The zero-order valence-electron chi connectivity index (χ0n) is 10.8. The highest BCUT2D eigenvalue weighted by Gasteiger charge is 2.25. The summed E-state index contributed by atoms with van der Waals surface area (Å²) in [6, 6.07) is 7.71. The molecule has 6 heteroatoms. The third kappa shape index (κ3) is 2.70. The molecule has 0 unspecified atom stereocenters. The average molecular weight is 336 g/mol. The molecule has 0 atom stereocenters. The Balaban J connectivity index is 1.70. The molecule has 1 amide bonds. The van der Waals surface area contributed by atoms with Gasteiger partial charge in [-0.05, 0) is 40.9 Å². The van der Waals surface area contributed by atoms with Crippen molar-refractivity contribution < 1.29 is 4.79 Å². The van der Waals surface area contributed by atoms with Crippen LogP contribution in [0.2, 0.25) is 0 Å². The van der Waals surface area contributed by atoms with Crippen molar-refractivity contribution in [2.45, 2.75) is 25.4 Å². The second-order valence-electron chi connectivity index (χ2n) is 4.88. The van der Waals surface area contributed by atoms with Gasteiger partial charge in [-0.2, -0.15) is 0 Å². The van der Waals surface area contributed by atoms with E-state index < -0.39 is 0 Å². The molecule has 0 spiro atoms. The van der Waals surface area contributed by atoms with E-state index in [0.29, 0.717) is 11.7 Å². The van der Waals surface area contributed by atoms with Gasteiger partial charge < -0.3 is 5.32 Å². The summed E-state index contributed by atoms with van der Waals surface area (Å²) in [6.45, 7) is 0.0277. The molecule has 3 rings (SSSR count). The molecule has 0 saturated heterocycles. The fourth-order valence-corrected chi connectivity index (χ4v) is 2.47. The molecule has 1 saturated carbocycles. The topological polar surface area (TPSA) is 56.0 Å². The third-order valence-corrected chi connectivity index (χ3v) is 3.97. The molecule has 5 nitrogen and oxygen atoms in total. The van der Waals surface area contributed by atoms with Gasteiger partial charge in [0.25, 0.3) is 0 Å². The number of nitrogens with zero attached hydrogens (tertiary/aromatic N) is 2. The van der Waals surface area contributed by atoms with E-state index in [1.807, 2.05) is 18.2 Å². The van der Waals surface area contributed by atoms with Gasteiger partial charge in [0, 0.05) is 22.9 Å². The van der Waals surface area contributed by atoms with Crippen LogP contribution in [-0.2, 0) is 11.3 Å². The Kier molecular flexibility index (Phi) is 3.48. The smallest absolute Gasteiger partial charge is 0.324 e. The molecular weight excluding hydrogens is 322 g/mol. The fourth-order valence-electron chi connectivity index (χ4n) is 2.09. The Morgan fingerprint density at radius 3 is 2.75 bits per heavy atom. The quantitative estimate of drug-likeness (QED) is 0.932. The Morgan fingerprint density at radius 1 is 1.30 bits per heavy atom. The number of benzene rings is 1. The molecular formula is C14H14BrN3O2. The number of amides is 1. The zero-order valence-corrected chi connectivity index (χ0v) is 12.3. The summed E-state index contributed by atoms with van der Waals surface area (Å²) in [7, 11) is 0. The van der Waals surface area contributed by atoms with Crippen molar-refractivity contribution in [2.24, 2.45) is 0 Å². The van der Waals surface area contributed by atoms with Gasteiger partial charge in [0.1, 0.15) is 6.54 Å². The molecule has 1 aliphatic carbocycles. The molecule has 1 N–H and O–H groups in total. The van der Waals surface area contributed by atoms with Crippen molar-refractivity contribution in [1.29, 1.82) is 0 Å². The summed E-state index contributed by atoms with van der Waals surface area (Å²) in [5, 5.41) is 2.79. The first-order valence-electron chi connectivity index (χ1n) is 6.47. The SMILES string of the molecule is O=C(Cn1ccn(C2CC2)c1=O)Nc1ccccc1Br. The van der Waals surface area contributed by atoms with Gasteiger partial charge in [-0.25, -0.2) is 4.79 Å². The van der Waals surface area contributed by atoms with Gasteiger partial charge in [0.15, 0.2) is 0 Å². The van der Waals surface area contributed by atoms with Gasteiger partial charge >= 0.3 is 5.69 Å². The molecule has 20 heavy (non-hydrogen) atoms. The third-order valence-electron chi connectivity index (χ3n) is 3.28. The van der Waals surface area contributed by atoms with Crippen LogP contribution in [0.15, 0.2) is 45.9 Å². The van der Waals surface area contributed by atoms with Crippen molar-refractivity contribution >= 4 is 27.5 Å². The van der Waals surface area contributed by atoms with E-state index in [1.165, 1.54) is 4.57 Å². The molecule has 0 radical (unpaired) electrons. The van der Waals surface area contributed by atoms with Crippen LogP contribution in [0.5, 0.6) is 0 Å². The lowest BCUT2D eigenvalue weighted by Gasteiger charge is -2.07. The van der Waals surface area contributed by atoms with E-state index in [0.717, 1.165) is 17.3 Å². The van der Waals surface area contributed by atoms with Gasteiger partial charge in [-0.1, -0.05) is 12.1 Å². The Morgan fingerprint density at radius 2 is 2.05 bits per heavy atom. The van der Waals surface area contributed by atoms with Crippen molar-refractivity contribution in [3.63, 3.8) is 0 Å². The maximum Gasteiger partial charge on any atom is 0.328 e. The lowest BCUT2D eigenvalue weighted by atomic mass is 10.3. The van der Waals surface area contributed by atoms with Gasteiger partial charge in [-0.15, -0.1) is 0 Å². The van der Waals surface area contributed by atoms with Gasteiger partial charge in [-0.3, -0.25) is 13.9 Å². The second-order valence-corrected chi connectivity index (χ2v) is 5.73. The van der Waals surface area contributed by atoms with E-state index >= 15 is 0 Å². The van der Waals surface area contributed by atoms with E-state index in [1.54, 1.807) is 23.0 Å². The van der Waals surface area contributed by atoms with Crippen molar-refractivity contribution in [3.05, 3.63) is 51.6 Å². The number of para-hydroxylation sites is 1. The first-order valence-corrected chi connectivity index (χ1v) is 7.26. The van der Waals surface area contributed by atoms with Crippen LogP contribution in [0.1, 0.15) is 18.9 Å². The summed E-state index contributed by atoms with van der Waals surface area (Å²) in [5.41, 5.74) is 0.585. The number of carbonyl (C=O) groups excluding carboxylic acids is 1. The molecule has 0 aliphatic heterocycles. The highest BCUT2D eigenvalue weighted by atomic mass is 79.9. The molecule has 1 aromatic heterocycles. The van der Waals surface area contributed by atoms with Crippen molar-refractivity contribution in [3.8, 4) is 0 Å². The molecule has 2 aromatic rings. The number of hydrogen-bond donors (Lipinski definition) is 1. The number of imidazole rings is 1. The Hall–Kier alpha value is -1.82. The van der Waals surface area contributed by atoms with E-state index in [2.05, 4.69) is 21.2 Å². The molecule has 0 bridgehead atoms. The van der Waals surface area contributed by atoms with Crippen LogP contribution >= 0.6 is 15.9 Å². The molecule has 1 aliphatic rings. The number of halogens is 1. The van der Waals surface area contributed by atoms with E-state index in [4.69, 9.17) is 0 Å². The van der Waals surface area contributed by atoms with Crippen molar-refractivity contribution in [1.82, 2.24) is 9.13 Å². The van der Waals surface area contributed by atoms with Crippen LogP contribution in [0.25, 0.3) is 0 Å². The van der Waals surface area contributed by atoms with Crippen LogP contribution in [0, 0.1) is 0 Å². The number of nitrogens with one attached hydrogen (secondary N) is 1. The van der Waals surface area contributed by atoms with Crippen LogP contribution in [0.3, 0.4) is 0 Å². The van der Waals surface area contributed by atoms with Crippen LogP contribution in [-0.4, -0.2) is 15.0 Å². The minimum atomic E-state index is -0.215. The monoisotopic (exact) mass is 335 g/mol. The van der Waals surface area contributed by atoms with Crippen LogP contribution in [0.4, 0.5) is 5.69 Å². The minimum absolute atomic E-state index is 0.0277. The summed E-state index contributed by atoms with van der Waals surface area (Å²) >= 11 is 3.37.